The van der Waals surface area contributed by atoms with Crippen molar-refractivity contribution in [3.63, 3.8) is 0 Å². The van der Waals surface area contributed by atoms with Crippen LogP contribution in [0.4, 0.5) is 10.8 Å². The smallest absolute Gasteiger partial charge is 0.355 e. The molecule has 0 aliphatic heterocycles. The minimum atomic E-state index is -1.06. The molecule has 0 bridgehead atoms. The third-order valence-electron chi connectivity index (χ3n) is 2.71. The highest BCUT2D eigenvalue weighted by molar-refractivity contribution is 7.15. The van der Waals surface area contributed by atoms with Crippen LogP contribution in [-0.2, 0) is 0 Å². The SMILES string of the molecule is COc1cc(OC)c(Nc2nc(C(=O)O)c(C)s2)cc1Cl. The van der Waals surface area contributed by atoms with Gasteiger partial charge in [-0.15, -0.1) is 11.3 Å². The zero-order chi connectivity index (χ0) is 15.6. The van der Waals surface area contributed by atoms with Gasteiger partial charge in [0.05, 0.1) is 24.9 Å². The number of carbonyl (C=O) groups is 1. The van der Waals surface area contributed by atoms with E-state index in [1.165, 1.54) is 25.6 Å². The molecule has 2 N–H and O–H groups in total. The zero-order valence-electron chi connectivity index (χ0n) is 11.6. The number of thiazole rings is 1. The first-order valence-corrected chi connectivity index (χ1v) is 7.05. The summed E-state index contributed by atoms with van der Waals surface area (Å²) in [4.78, 5) is 15.6. The minimum Gasteiger partial charge on any atom is -0.495 e. The van der Waals surface area contributed by atoms with Crippen LogP contribution in [0.2, 0.25) is 5.02 Å². The van der Waals surface area contributed by atoms with Crippen LogP contribution in [0.15, 0.2) is 12.1 Å². The molecule has 0 saturated carbocycles. The molecule has 1 aromatic carbocycles. The van der Waals surface area contributed by atoms with E-state index >= 15 is 0 Å². The first kappa shape index (κ1) is 15.4. The van der Waals surface area contributed by atoms with Crippen molar-refractivity contribution in [3.05, 3.63) is 27.7 Å². The number of aromatic carboxylic acids is 1. The van der Waals surface area contributed by atoms with E-state index in [-0.39, 0.29) is 5.69 Å². The van der Waals surface area contributed by atoms with E-state index in [1.807, 2.05) is 0 Å². The van der Waals surface area contributed by atoms with Crippen molar-refractivity contribution in [3.8, 4) is 11.5 Å². The number of hydrogen-bond donors (Lipinski definition) is 2. The van der Waals surface area contributed by atoms with Crippen molar-refractivity contribution in [2.24, 2.45) is 0 Å². The number of methoxy groups -OCH3 is 2. The minimum absolute atomic E-state index is 0.0288. The first-order valence-electron chi connectivity index (χ1n) is 5.85. The number of halogens is 1. The number of rotatable bonds is 5. The number of ether oxygens (including phenoxy) is 2. The molecule has 0 aliphatic rings. The molecule has 0 unspecified atom stereocenters. The fraction of sp³-hybridized carbons (Fsp3) is 0.231. The van der Waals surface area contributed by atoms with Gasteiger partial charge in [-0.2, -0.15) is 0 Å². The molecule has 0 amide bonds. The molecule has 2 rings (SSSR count). The summed E-state index contributed by atoms with van der Waals surface area (Å²) in [5, 5.41) is 12.9. The van der Waals surface area contributed by atoms with Crippen molar-refractivity contribution in [1.82, 2.24) is 4.98 Å². The molecule has 8 heteroatoms. The van der Waals surface area contributed by atoms with Crippen LogP contribution in [0.1, 0.15) is 15.4 Å². The average Bonchev–Trinajstić information content (AvgIpc) is 2.80. The highest BCUT2D eigenvalue weighted by Crippen LogP contribution is 2.38. The maximum atomic E-state index is 11.0. The van der Waals surface area contributed by atoms with Gasteiger partial charge >= 0.3 is 5.97 Å². The Hall–Kier alpha value is -1.99. The van der Waals surface area contributed by atoms with E-state index in [9.17, 15) is 4.79 Å². The van der Waals surface area contributed by atoms with Gasteiger partial charge in [0.2, 0.25) is 0 Å². The number of carboxylic acids is 1. The number of aromatic nitrogens is 1. The standard InChI is InChI=1S/C13H13ClN2O4S/c1-6-11(12(17)18)16-13(21-6)15-8-4-7(14)9(19-2)5-10(8)20-3/h4-5H,1-3H3,(H,15,16)(H,17,18). The lowest BCUT2D eigenvalue weighted by Crippen LogP contribution is -2.00. The van der Waals surface area contributed by atoms with Crippen molar-refractivity contribution >= 4 is 39.7 Å². The second-order valence-corrected chi connectivity index (χ2v) is 5.65. The van der Waals surface area contributed by atoms with Gasteiger partial charge in [-0.05, 0) is 13.0 Å². The molecular formula is C13H13ClN2O4S. The van der Waals surface area contributed by atoms with E-state index in [4.69, 9.17) is 26.2 Å². The fourth-order valence-corrected chi connectivity index (χ4v) is 2.78. The second-order valence-electron chi connectivity index (χ2n) is 4.04. The normalized spacial score (nSPS) is 10.3. The summed E-state index contributed by atoms with van der Waals surface area (Å²) in [5.41, 5.74) is 0.607. The largest absolute Gasteiger partial charge is 0.495 e. The molecule has 0 fully saturated rings. The van der Waals surface area contributed by atoms with Crippen LogP contribution < -0.4 is 14.8 Å². The summed E-state index contributed by atoms with van der Waals surface area (Å²) in [6.45, 7) is 1.70. The van der Waals surface area contributed by atoms with Crippen molar-refractivity contribution in [1.29, 1.82) is 0 Å². The Bertz CT molecular complexity index is 687. The molecule has 0 radical (unpaired) electrons. The molecule has 2 aromatic rings. The lowest BCUT2D eigenvalue weighted by atomic mass is 10.2. The third-order valence-corrected chi connectivity index (χ3v) is 3.90. The van der Waals surface area contributed by atoms with Gasteiger partial charge in [0.15, 0.2) is 10.8 Å². The molecule has 0 atom stereocenters. The number of aryl methyl sites for hydroxylation is 1. The van der Waals surface area contributed by atoms with Crippen molar-refractivity contribution in [2.75, 3.05) is 19.5 Å². The highest BCUT2D eigenvalue weighted by atomic mass is 35.5. The van der Waals surface area contributed by atoms with Gasteiger partial charge in [-0.25, -0.2) is 9.78 Å². The Labute approximate surface area is 130 Å². The zero-order valence-corrected chi connectivity index (χ0v) is 13.1. The quantitative estimate of drug-likeness (QED) is 0.873. The predicted molar refractivity (Wildman–Crippen MR) is 81.6 cm³/mol. The summed E-state index contributed by atoms with van der Waals surface area (Å²) in [6.07, 6.45) is 0. The summed E-state index contributed by atoms with van der Waals surface area (Å²) in [6, 6.07) is 3.28. The van der Waals surface area contributed by atoms with E-state index in [1.54, 1.807) is 19.1 Å². The monoisotopic (exact) mass is 328 g/mol. The van der Waals surface area contributed by atoms with Gasteiger partial charge in [0, 0.05) is 10.9 Å². The first-order chi connectivity index (χ1) is 9.96. The van der Waals surface area contributed by atoms with E-state index in [0.29, 0.717) is 32.2 Å². The maximum Gasteiger partial charge on any atom is 0.355 e. The molecule has 1 heterocycles. The number of nitrogens with zero attached hydrogens (tertiary/aromatic N) is 1. The Morgan fingerprint density at radius 1 is 1.33 bits per heavy atom. The average molecular weight is 329 g/mol. The Kier molecular flexibility index (Phi) is 4.54. The predicted octanol–water partition coefficient (Wildman–Crippen LogP) is 3.56. The number of benzene rings is 1. The molecular weight excluding hydrogens is 316 g/mol. The van der Waals surface area contributed by atoms with Gasteiger partial charge in [0.1, 0.15) is 11.5 Å². The molecule has 6 nitrogen and oxygen atoms in total. The van der Waals surface area contributed by atoms with Crippen molar-refractivity contribution < 1.29 is 19.4 Å². The van der Waals surface area contributed by atoms with Gasteiger partial charge in [-0.1, -0.05) is 11.6 Å². The fourth-order valence-electron chi connectivity index (χ4n) is 1.72. The van der Waals surface area contributed by atoms with Gasteiger partial charge < -0.3 is 19.9 Å². The van der Waals surface area contributed by atoms with Crippen LogP contribution in [0.5, 0.6) is 11.5 Å². The summed E-state index contributed by atoms with van der Waals surface area (Å²) < 4.78 is 10.4. The van der Waals surface area contributed by atoms with Crippen LogP contribution >= 0.6 is 22.9 Å². The molecule has 112 valence electrons. The number of hydrogen-bond acceptors (Lipinski definition) is 6. The lowest BCUT2D eigenvalue weighted by molar-refractivity contribution is 0.0690. The van der Waals surface area contributed by atoms with Crippen LogP contribution in [0.25, 0.3) is 0 Å². The van der Waals surface area contributed by atoms with Crippen LogP contribution in [0.3, 0.4) is 0 Å². The highest BCUT2D eigenvalue weighted by Gasteiger charge is 2.16. The van der Waals surface area contributed by atoms with E-state index in [0.717, 1.165) is 0 Å². The summed E-state index contributed by atoms with van der Waals surface area (Å²) in [5.74, 6) is -0.0573. The third kappa shape index (κ3) is 3.20. The topological polar surface area (TPSA) is 80.7 Å². The van der Waals surface area contributed by atoms with Crippen molar-refractivity contribution in [2.45, 2.75) is 6.92 Å². The van der Waals surface area contributed by atoms with Gasteiger partial charge in [-0.3, -0.25) is 0 Å². The maximum absolute atomic E-state index is 11.0. The summed E-state index contributed by atoms with van der Waals surface area (Å²) in [7, 11) is 3.03. The molecule has 0 saturated heterocycles. The lowest BCUT2D eigenvalue weighted by Gasteiger charge is -2.12. The van der Waals surface area contributed by atoms with Gasteiger partial charge in [0.25, 0.3) is 0 Å². The Morgan fingerprint density at radius 3 is 2.52 bits per heavy atom. The number of nitrogens with one attached hydrogen (secondary N) is 1. The molecule has 0 aliphatic carbocycles. The van der Waals surface area contributed by atoms with Crippen LogP contribution in [-0.4, -0.2) is 30.3 Å². The molecule has 1 aromatic heterocycles. The number of carboxylic acid groups (broad SMARTS) is 1. The van der Waals surface area contributed by atoms with Crippen LogP contribution in [0, 0.1) is 6.92 Å². The molecule has 21 heavy (non-hydrogen) atoms. The number of anilines is 2. The van der Waals surface area contributed by atoms with E-state index < -0.39 is 5.97 Å². The second kappa shape index (κ2) is 6.19. The Balaban J connectivity index is 2.37. The molecule has 0 spiro atoms. The Morgan fingerprint density at radius 2 is 2.00 bits per heavy atom. The van der Waals surface area contributed by atoms with E-state index in [2.05, 4.69) is 10.3 Å². The summed E-state index contributed by atoms with van der Waals surface area (Å²) >= 11 is 7.32.